The molecule has 0 saturated carbocycles. The van der Waals surface area contributed by atoms with Crippen molar-refractivity contribution in [2.75, 3.05) is 30.0 Å². The summed E-state index contributed by atoms with van der Waals surface area (Å²) in [4.78, 5) is 26.8. The maximum atomic E-state index is 13.0. The number of hydrogen-bond acceptors (Lipinski definition) is 4. The van der Waals surface area contributed by atoms with E-state index in [1.54, 1.807) is 29.2 Å². The van der Waals surface area contributed by atoms with Gasteiger partial charge in [0.05, 0.1) is 24.5 Å². The summed E-state index contributed by atoms with van der Waals surface area (Å²) in [7, 11) is 0. The molecule has 0 aromatic heterocycles. The van der Waals surface area contributed by atoms with Crippen LogP contribution in [0.5, 0.6) is 11.5 Å². The Kier molecular flexibility index (Phi) is 7.11. The minimum atomic E-state index is -0.260. The molecule has 1 aliphatic rings. The molecular formula is C23H28N2O4. The zero-order valence-corrected chi connectivity index (χ0v) is 17.1. The summed E-state index contributed by atoms with van der Waals surface area (Å²) < 4.78 is 11.5. The van der Waals surface area contributed by atoms with Crippen molar-refractivity contribution in [1.29, 1.82) is 0 Å². The van der Waals surface area contributed by atoms with E-state index in [0.717, 1.165) is 19.3 Å². The van der Waals surface area contributed by atoms with Gasteiger partial charge in [-0.3, -0.25) is 9.59 Å². The summed E-state index contributed by atoms with van der Waals surface area (Å²) >= 11 is 0. The van der Waals surface area contributed by atoms with Gasteiger partial charge in [-0.2, -0.15) is 0 Å². The number of hydrogen-bond donors (Lipinski definition) is 1. The van der Waals surface area contributed by atoms with Crippen molar-refractivity contribution in [3.05, 3.63) is 48.0 Å². The van der Waals surface area contributed by atoms with E-state index in [0.29, 0.717) is 54.6 Å². The van der Waals surface area contributed by atoms with E-state index in [4.69, 9.17) is 9.47 Å². The maximum absolute atomic E-state index is 13.0. The van der Waals surface area contributed by atoms with Gasteiger partial charge in [0.2, 0.25) is 5.91 Å². The van der Waals surface area contributed by atoms with E-state index in [1.807, 2.05) is 32.0 Å². The van der Waals surface area contributed by atoms with Gasteiger partial charge in [0.15, 0.2) is 11.5 Å². The van der Waals surface area contributed by atoms with E-state index < -0.39 is 0 Å². The Morgan fingerprint density at radius 2 is 1.76 bits per heavy atom. The number of nitrogens with one attached hydrogen (secondary N) is 1. The van der Waals surface area contributed by atoms with Crippen molar-refractivity contribution in [2.24, 2.45) is 0 Å². The highest BCUT2D eigenvalue weighted by Gasteiger charge is 2.25. The number of anilines is 2. The first-order valence-electron chi connectivity index (χ1n) is 10.2. The number of carbonyl (C=O) groups excluding carboxylic acids is 2. The SMILES string of the molecule is CCCOc1ccc(NC(=O)c2ccccc2N2CCCC2=O)cc1OCCC. The highest BCUT2D eigenvalue weighted by molar-refractivity contribution is 6.11. The first kappa shape index (κ1) is 20.7. The van der Waals surface area contributed by atoms with Gasteiger partial charge in [0.1, 0.15) is 0 Å². The molecule has 0 bridgehead atoms. The molecule has 2 aromatic rings. The second-order valence-corrected chi connectivity index (χ2v) is 6.98. The third-order valence-electron chi connectivity index (χ3n) is 4.64. The minimum Gasteiger partial charge on any atom is -0.490 e. The molecule has 0 unspecified atom stereocenters. The van der Waals surface area contributed by atoms with Gasteiger partial charge in [-0.15, -0.1) is 0 Å². The predicted molar refractivity (Wildman–Crippen MR) is 114 cm³/mol. The van der Waals surface area contributed by atoms with Crippen molar-refractivity contribution >= 4 is 23.2 Å². The molecule has 1 fully saturated rings. The van der Waals surface area contributed by atoms with Crippen molar-refractivity contribution < 1.29 is 19.1 Å². The van der Waals surface area contributed by atoms with E-state index >= 15 is 0 Å². The first-order valence-corrected chi connectivity index (χ1v) is 10.2. The lowest BCUT2D eigenvalue weighted by Gasteiger charge is -2.19. The van der Waals surface area contributed by atoms with Gasteiger partial charge < -0.3 is 19.7 Å². The first-order chi connectivity index (χ1) is 14.1. The van der Waals surface area contributed by atoms with E-state index in [2.05, 4.69) is 5.32 Å². The van der Waals surface area contributed by atoms with Crippen LogP contribution < -0.4 is 19.7 Å². The molecule has 6 nitrogen and oxygen atoms in total. The maximum Gasteiger partial charge on any atom is 0.257 e. The average molecular weight is 396 g/mol. The Hall–Kier alpha value is -3.02. The fraction of sp³-hybridized carbons (Fsp3) is 0.391. The topological polar surface area (TPSA) is 67.9 Å². The molecule has 3 rings (SSSR count). The molecule has 2 aromatic carbocycles. The average Bonchev–Trinajstić information content (AvgIpc) is 3.17. The highest BCUT2D eigenvalue weighted by Crippen LogP contribution is 2.32. The molecule has 1 saturated heterocycles. The van der Waals surface area contributed by atoms with Crippen LogP contribution in [0.25, 0.3) is 0 Å². The molecule has 2 amide bonds. The highest BCUT2D eigenvalue weighted by atomic mass is 16.5. The van der Waals surface area contributed by atoms with Gasteiger partial charge in [0, 0.05) is 24.7 Å². The fourth-order valence-electron chi connectivity index (χ4n) is 3.24. The van der Waals surface area contributed by atoms with Crippen LogP contribution in [0.3, 0.4) is 0 Å². The summed E-state index contributed by atoms with van der Waals surface area (Å²) in [5.74, 6) is 1.07. The van der Waals surface area contributed by atoms with Gasteiger partial charge >= 0.3 is 0 Å². The Morgan fingerprint density at radius 3 is 2.45 bits per heavy atom. The number of para-hydroxylation sites is 1. The molecule has 154 valence electrons. The molecular weight excluding hydrogens is 368 g/mol. The Labute approximate surface area is 171 Å². The van der Waals surface area contributed by atoms with E-state index in [9.17, 15) is 9.59 Å². The second kappa shape index (κ2) is 9.96. The summed E-state index contributed by atoms with van der Waals surface area (Å²) in [6, 6.07) is 12.6. The number of benzene rings is 2. The smallest absolute Gasteiger partial charge is 0.257 e. The Bertz CT molecular complexity index is 866. The third-order valence-corrected chi connectivity index (χ3v) is 4.64. The van der Waals surface area contributed by atoms with Crippen molar-refractivity contribution in [3.8, 4) is 11.5 Å². The van der Waals surface area contributed by atoms with Gasteiger partial charge in [-0.05, 0) is 43.5 Å². The van der Waals surface area contributed by atoms with Gasteiger partial charge in [-0.1, -0.05) is 26.0 Å². The van der Waals surface area contributed by atoms with Crippen LogP contribution in [0, 0.1) is 0 Å². The molecule has 29 heavy (non-hydrogen) atoms. The molecule has 0 spiro atoms. The van der Waals surface area contributed by atoms with Crippen LogP contribution in [-0.2, 0) is 4.79 Å². The molecule has 1 aliphatic heterocycles. The van der Waals surface area contributed by atoms with Crippen LogP contribution in [-0.4, -0.2) is 31.6 Å². The van der Waals surface area contributed by atoms with E-state index in [1.165, 1.54) is 0 Å². The standard InChI is InChI=1S/C23H28N2O4/c1-3-14-28-20-12-11-17(16-21(20)29-15-4-2)24-23(27)18-8-5-6-9-19(18)25-13-7-10-22(25)26/h5-6,8-9,11-12,16H,3-4,7,10,13-15H2,1-2H3,(H,24,27). The number of amides is 2. The lowest BCUT2D eigenvalue weighted by Crippen LogP contribution is -2.27. The number of carbonyl (C=O) groups is 2. The zero-order valence-electron chi connectivity index (χ0n) is 17.1. The fourth-order valence-corrected chi connectivity index (χ4v) is 3.24. The van der Waals surface area contributed by atoms with Crippen LogP contribution in [0.15, 0.2) is 42.5 Å². The quantitative estimate of drug-likeness (QED) is 0.670. The molecule has 0 aliphatic carbocycles. The Morgan fingerprint density at radius 1 is 1.03 bits per heavy atom. The van der Waals surface area contributed by atoms with Crippen LogP contribution in [0.2, 0.25) is 0 Å². The number of nitrogens with zero attached hydrogens (tertiary/aromatic N) is 1. The van der Waals surface area contributed by atoms with Gasteiger partial charge in [0.25, 0.3) is 5.91 Å². The number of ether oxygens (including phenoxy) is 2. The second-order valence-electron chi connectivity index (χ2n) is 6.98. The molecule has 6 heteroatoms. The predicted octanol–water partition coefficient (Wildman–Crippen LogP) is 4.64. The monoisotopic (exact) mass is 396 g/mol. The number of rotatable bonds is 9. The molecule has 1 heterocycles. The summed E-state index contributed by atoms with van der Waals surface area (Å²) in [5, 5.41) is 2.92. The van der Waals surface area contributed by atoms with Crippen LogP contribution in [0.4, 0.5) is 11.4 Å². The Balaban J connectivity index is 1.81. The molecule has 1 N–H and O–H groups in total. The van der Waals surface area contributed by atoms with Crippen molar-refractivity contribution in [1.82, 2.24) is 0 Å². The normalized spacial score (nSPS) is 13.4. The summed E-state index contributed by atoms with van der Waals surface area (Å²) in [6.45, 7) is 5.89. The molecule has 0 atom stereocenters. The lowest BCUT2D eigenvalue weighted by atomic mass is 10.1. The summed E-state index contributed by atoms with van der Waals surface area (Å²) in [6.07, 6.45) is 3.11. The van der Waals surface area contributed by atoms with Crippen molar-refractivity contribution in [3.63, 3.8) is 0 Å². The van der Waals surface area contributed by atoms with E-state index in [-0.39, 0.29) is 11.8 Å². The molecule has 0 radical (unpaired) electrons. The zero-order chi connectivity index (χ0) is 20.6. The van der Waals surface area contributed by atoms with Crippen LogP contribution >= 0.6 is 0 Å². The minimum absolute atomic E-state index is 0.0536. The van der Waals surface area contributed by atoms with Gasteiger partial charge in [-0.25, -0.2) is 0 Å². The third kappa shape index (κ3) is 5.08. The lowest BCUT2D eigenvalue weighted by molar-refractivity contribution is -0.117. The largest absolute Gasteiger partial charge is 0.490 e. The van der Waals surface area contributed by atoms with Crippen molar-refractivity contribution in [2.45, 2.75) is 39.5 Å². The van der Waals surface area contributed by atoms with Crippen LogP contribution in [0.1, 0.15) is 49.9 Å². The summed E-state index contributed by atoms with van der Waals surface area (Å²) in [5.41, 5.74) is 1.75.